The van der Waals surface area contributed by atoms with Gasteiger partial charge in [0.25, 0.3) is 0 Å². The van der Waals surface area contributed by atoms with Crippen LogP contribution < -0.4 is 0 Å². The summed E-state index contributed by atoms with van der Waals surface area (Å²) in [6.07, 6.45) is 5.42. The van der Waals surface area contributed by atoms with Gasteiger partial charge in [0.15, 0.2) is 0 Å². The van der Waals surface area contributed by atoms with Gasteiger partial charge in [-0.05, 0) is 36.8 Å². The van der Waals surface area contributed by atoms with Crippen molar-refractivity contribution in [1.29, 1.82) is 0 Å². The molecule has 1 heteroatoms. The van der Waals surface area contributed by atoms with Crippen LogP contribution in [0, 0.1) is 0 Å². The smallest absolute Gasteiger partial charge is 0.145 e. The Balaban J connectivity index is 2.35. The highest BCUT2D eigenvalue weighted by Crippen LogP contribution is 2.40. The molecule has 0 amide bonds. The molecule has 1 aliphatic rings. The molecular formula is C15H18O. The Morgan fingerprint density at radius 1 is 1.38 bits per heavy atom. The molecule has 0 spiro atoms. The maximum absolute atomic E-state index is 11.0. The number of carbonyl (C=O) groups excluding carboxylic acids is 1. The van der Waals surface area contributed by atoms with E-state index in [1.165, 1.54) is 24.0 Å². The lowest BCUT2D eigenvalue weighted by Crippen LogP contribution is -1.99. The van der Waals surface area contributed by atoms with Crippen molar-refractivity contribution in [2.24, 2.45) is 0 Å². The summed E-state index contributed by atoms with van der Waals surface area (Å²) in [5.41, 5.74) is 3.76. The minimum Gasteiger partial charge on any atom is -0.298 e. The van der Waals surface area contributed by atoms with Crippen LogP contribution in [0.3, 0.4) is 0 Å². The molecule has 1 aromatic carbocycles. The third kappa shape index (κ3) is 2.08. The number of benzene rings is 1. The summed E-state index contributed by atoms with van der Waals surface area (Å²) < 4.78 is 0. The Morgan fingerprint density at radius 3 is 2.75 bits per heavy atom. The fourth-order valence-electron chi connectivity index (χ4n) is 2.67. The van der Waals surface area contributed by atoms with Crippen LogP contribution in [-0.2, 0) is 4.79 Å². The van der Waals surface area contributed by atoms with Crippen molar-refractivity contribution in [3.8, 4) is 0 Å². The van der Waals surface area contributed by atoms with E-state index in [9.17, 15) is 4.79 Å². The Labute approximate surface area is 97.2 Å². The maximum atomic E-state index is 11.0. The molecule has 0 aromatic heterocycles. The molecule has 0 heterocycles. The van der Waals surface area contributed by atoms with Crippen LogP contribution in [0.4, 0.5) is 0 Å². The molecule has 0 aliphatic heterocycles. The molecule has 1 nitrogen and oxygen atoms in total. The second kappa shape index (κ2) is 5.11. The largest absolute Gasteiger partial charge is 0.298 e. The summed E-state index contributed by atoms with van der Waals surface area (Å²) in [7, 11) is 0. The predicted molar refractivity (Wildman–Crippen MR) is 66.4 cm³/mol. The van der Waals surface area contributed by atoms with E-state index in [2.05, 4.69) is 31.2 Å². The van der Waals surface area contributed by atoms with Crippen molar-refractivity contribution in [3.05, 3.63) is 47.0 Å². The van der Waals surface area contributed by atoms with E-state index in [1.54, 1.807) is 0 Å². The fraction of sp³-hybridized carbons (Fsp3) is 0.400. The molecular weight excluding hydrogens is 196 g/mol. The zero-order chi connectivity index (χ0) is 11.4. The van der Waals surface area contributed by atoms with Gasteiger partial charge in [-0.25, -0.2) is 0 Å². The summed E-state index contributed by atoms with van der Waals surface area (Å²) in [5.74, 6) is 0.487. The van der Waals surface area contributed by atoms with E-state index in [4.69, 9.17) is 0 Å². The van der Waals surface area contributed by atoms with E-state index in [1.807, 2.05) is 6.07 Å². The van der Waals surface area contributed by atoms with Crippen LogP contribution in [-0.4, -0.2) is 6.29 Å². The quantitative estimate of drug-likeness (QED) is 0.551. The van der Waals surface area contributed by atoms with E-state index in [0.29, 0.717) is 5.92 Å². The van der Waals surface area contributed by atoms with E-state index >= 15 is 0 Å². The number of rotatable bonds is 3. The lowest BCUT2D eigenvalue weighted by molar-refractivity contribution is -0.105. The SMILES string of the molecule is CC/C(C=O)=C1/CCCC1c1ccccc1. The second-order valence-electron chi connectivity index (χ2n) is 4.38. The lowest BCUT2D eigenvalue weighted by atomic mass is 9.90. The van der Waals surface area contributed by atoms with Gasteiger partial charge in [0.1, 0.15) is 6.29 Å². The topological polar surface area (TPSA) is 17.1 Å². The van der Waals surface area contributed by atoms with Gasteiger partial charge in [0.2, 0.25) is 0 Å². The number of aldehydes is 1. The van der Waals surface area contributed by atoms with Gasteiger partial charge >= 0.3 is 0 Å². The van der Waals surface area contributed by atoms with Crippen molar-refractivity contribution < 1.29 is 4.79 Å². The van der Waals surface area contributed by atoms with Gasteiger partial charge < -0.3 is 0 Å². The molecule has 1 aliphatic carbocycles. The first-order chi connectivity index (χ1) is 7.86. The Bertz CT molecular complexity index is 389. The van der Waals surface area contributed by atoms with Gasteiger partial charge in [-0.2, -0.15) is 0 Å². The Morgan fingerprint density at radius 2 is 2.12 bits per heavy atom. The standard InChI is InChI=1S/C15H18O/c1-2-12(11-16)14-9-6-10-15(14)13-7-4-3-5-8-13/h3-5,7-8,11,15H,2,6,9-10H2,1H3/b14-12+. The molecule has 1 aromatic rings. The van der Waals surface area contributed by atoms with Crippen molar-refractivity contribution in [3.63, 3.8) is 0 Å². The molecule has 1 unspecified atom stereocenters. The molecule has 1 atom stereocenters. The average molecular weight is 214 g/mol. The minimum atomic E-state index is 0.487. The molecule has 0 N–H and O–H groups in total. The molecule has 0 bridgehead atoms. The number of hydrogen-bond donors (Lipinski definition) is 0. The second-order valence-corrected chi connectivity index (χ2v) is 4.38. The van der Waals surface area contributed by atoms with Crippen LogP contribution >= 0.6 is 0 Å². The third-order valence-corrected chi connectivity index (χ3v) is 3.50. The van der Waals surface area contributed by atoms with Crippen LogP contribution in [0.15, 0.2) is 41.5 Å². The molecule has 0 radical (unpaired) electrons. The number of hydrogen-bond acceptors (Lipinski definition) is 1. The molecule has 1 saturated carbocycles. The summed E-state index contributed by atoms with van der Waals surface area (Å²) in [6, 6.07) is 10.6. The van der Waals surface area contributed by atoms with Crippen molar-refractivity contribution in [2.45, 2.75) is 38.5 Å². The molecule has 1 fully saturated rings. The third-order valence-electron chi connectivity index (χ3n) is 3.50. The molecule has 0 saturated heterocycles. The zero-order valence-corrected chi connectivity index (χ0v) is 9.78. The normalized spacial score (nSPS) is 23.2. The highest BCUT2D eigenvalue weighted by atomic mass is 16.1. The van der Waals surface area contributed by atoms with E-state index in [-0.39, 0.29) is 0 Å². The molecule has 84 valence electrons. The van der Waals surface area contributed by atoms with Crippen LogP contribution in [0.5, 0.6) is 0 Å². The van der Waals surface area contributed by atoms with Crippen LogP contribution in [0.2, 0.25) is 0 Å². The van der Waals surface area contributed by atoms with Gasteiger partial charge in [-0.3, -0.25) is 4.79 Å². The number of carbonyl (C=O) groups is 1. The predicted octanol–water partition coefficient (Wildman–Crippen LogP) is 3.86. The summed E-state index contributed by atoms with van der Waals surface area (Å²) >= 11 is 0. The van der Waals surface area contributed by atoms with Crippen molar-refractivity contribution >= 4 is 6.29 Å². The first-order valence-electron chi connectivity index (χ1n) is 6.08. The first-order valence-corrected chi connectivity index (χ1v) is 6.08. The number of allylic oxidation sites excluding steroid dienone is 2. The Hall–Kier alpha value is -1.37. The first kappa shape index (κ1) is 11.1. The monoisotopic (exact) mass is 214 g/mol. The fourth-order valence-corrected chi connectivity index (χ4v) is 2.67. The van der Waals surface area contributed by atoms with E-state index in [0.717, 1.165) is 24.7 Å². The van der Waals surface area contributed by atoms with Gasteiger partial charge in [-0.15, -0.1) is 0 Å². The van der Waals surface area contributed by atoms with E-state index < -0.39 is 0 Å². The van der Waals surface area contributed by atoms with Crippen molar-refractivity contribution in [1.82, 2.24) is 0 Å². The Kier molecular flexibility index (Phi) is 3.55. The molecule has 16 heavy (non-hydrogen) atoms. The minimum absolute atomic E-state index is 0.487. The van der Waals surface area contributed by atoms with Gasteiger partial charge in [0, 0.05) is 5.92 Å². The summed E-state index contributed by atoms with van der Waals surface area (Å²) in [6.45, 7) is 2.07. The maximum Gasteiger partial charge on any atom is 0.145 e. The highest BCUT2D eigenvalue weighted by Gasteiger charge is 2.24. The average Bonchev–Trinajstić information content (AvgIpc) is 2.81. The molecule has 2 rings (SSSR count). The zero-order valence-electron chi connectivity index (χ0n) is 9.78. The van der Waals surface area contributed by atoms with Crippen LogP contribution in [0.25, 0.3) is 0 Å². The lowest BCUT2D eigenvalue weighted by Gasteiger charge is -2.14. The highest BCUT2D eigenvalue weighted by molar-refractivity contribution is 5.75. The summed E-state index contributed by atoms with van der Waals surface area (Å²) in [5, 5.41) is 0. The van der Waals surface area contributed by atoms with Gasteiger partial charge in [0.05, 0.1) is 0 Å². The van der Waals surface area contributed by atoms with Crippen molar-refractivity contribution in [2.75, 3.05) is 0 Å². The summed E-state index contributed by atoms with van der Waals surface area (Å²) in [4.78, 5) is 11.0. The van der Waals surface area contributed by atoms with Crippen LogP contribution in [0.1, 0.15) is 44.1 Å². The van der Waals surface area contributed by atoms with Gasteiger partial charge in [-0.1, -0.05) is 42.8 Å².